The Morgan fingerprint density at radius 2 is 2.08 bits per heavy atom. The SMILES string of the molecule is COCC1(CNC2CC(C)N(C)C2)CCCN(C(=O)OC(C)(C)C)C1. The van der Waals surface area contributed by atoms with Crippen molar-refractivity contribution in [1.82, 2.24) is 15.1 Å². The molecule has 6 heteroatoms. The number of nitrogens with zero attached hydrogens (tertiary/aromatic N) is 2. The highest BCUT2D eigenvalue weighted by Crippen LogP contribution is 2.31. The van der Waals surface area contributed by atoms with E-state index in [1.165, 1.54) is 6.42 Å². The second-order valence-electron chi connectivity index (χ2n) is 9.04. The van der Waals surface area contributed by atoms with Crippen molar-refractivity contribution in [3.05, 3.63) is 0 Å². The first kappa shape index (κ1) is 20.5. The molecule has 0 aromatic carbocycles. The van der Waals surface area contributed by atoms with Gasteiger partial charge in [0.15, 0.2) is 0 Å². The average Bonchev–Trinajstić information content (AvgIpc) is 2.83. The molecular weight excluding hydrogens is 318 g/mol. The van der Waals surface area contributed by atoms with Gasteiger partial charge in [0.1, 0.15) is 5.60 Å². The van der Waals surface area contributed by atoms with Crippen molar-refractivity contribution in [3.8, 4) is 0 Å². The van der Waals surface area contributed by atoms with Gasteiger partial charge in [0.25, 0.3) is 0 Å². The number of likely N-dealkylation sites (tertiary alicyclic amines) is 2. The van der Waals surface area contributed by atoms with Crippen molar-refractivity contribution in [3.63, 3.8) is 0 Å². The Bertz CT molecular complexity index is 438. The van der Waals surface area contributed by atoms with Crippen LogP contribution in [-0.2, 0) is 9.47 Å². The predicted molar refractivity (Wildman–Crippen MR) is 99.8 cm³/mol. The van der Waals surface area contributed by atoms with E-state index in [-0.39, 0.29) is 11.5 Å². The quantitative estimate of drug-likeness (QED) is 0.820. The number of nitrogens with one attached hydrogen (secondary N) is 1. The van der Waals surface area contributed by atoms with Gasteiger partial charge in [-0.15, -0.1) is 0 Å². The molecule has 2 rings (SSSR count). The average molecular weight is 356 g/mol. The Morgan fingerprint density at radius 3 is 2.64 bits per heavy atom. The molecule has 3 atom stereocenters. The van der Waals surface area contributed by atoms with E-state index in [1.54, 1.807) is 7.11 Å². The van der Waals surface area contributed by atoms with Gasteiger partial charge in [-0.1, -0.05) is 0 Å². The maximum absolute atomic E-state index is 12.5. The van der Waals surface area contributed by atoms with Crippen LogP contribution in [0.5, 0.6) is 0 Å². The zero-order valence-corrected chi connectivity index (χ0v) is 16.9. The summed E-state index contributed by atoms with van der Waals surface area (Å²) in [5.41, 5.74) is -0.491. The summed E-state index contributed by atoms with van der Waals surface area (Å²) in [5, 5.41) is 3.75. The lowest BCUT2D eigenvalue weighted by Gasteiger charge is -2.43. The van der Waals surface area contributed by atoms with Crippen LogP contribution >= 0.6 is 0 Å². The van der Waals surface area contributed by atoms with Gasteiger partial charge in [0.05, 0.1) is 6.61 Å². The molecule has 2 aliphatic rings. The summed E-state index contributed by atoms with van der Waals surface area (Å²) in [6, 6.07) is 1.14. The van der Waals surface area contributed by atoms with Crippen LogP contribution < -0.4 is 5.32 Å². The molecule has 0 spiro atoms. The highest BCUT2D eigenvalue weighted by atomic mass is 16.6. The fourth-order valence-electron chi connectivity index (χ4n) is 4.01. The molecule has 0 aliphatic carbocycles. The Kier molecular flexibility index (Phi) is 6.74. The molecule has 0 radical (unpaired) electrons. The minimum absolute atomic E-state index is 0.0334. The van der Waals surface area contributed by atoms with E-state index in [0.29, 0.717) is 25.2 Å². The third-order valence-electron chi connectivity index (χ3n) is 5.42. The molecule has 0 saturated carbocycles. The predicted octanol–water partition coefficient (Wildman–Crippen LogP) is 2.33. The van der Waals surface area contributed by atoms with Gasteiger partial charge in [0, 0.05) is 50.8 Å². The molecule has 146 valence electrons. The van der Waals surface area contributed by atoms with Gasteiger partial charge >= 0.3 is 6.09 Å². The Labute approximate surface area is 153 Å². The van der Waals surface area contributed by atoms with Crippen LogP contribution in [0.25, 0.3) is 0 Å². The third kappa shape index (κ3) is 5.83. The monoisotopic (exact) mass is 355 g/mol. The molecular formula is C19H37N3O3. The fraction of sp³-hybridized carbons (Fsp3) is 0.947. The van der Waals surface area contributed by atoms with E-state index in [4.69, 9.17) is 9.47 Å². The minimum atomic E-state index is -0.457. The van der Waals surface area contributed by atoms with Gasteiger partial charge in [-0.2, -0.15) is 0 Å². The number of rotatable bonds is 5. The molecule has 0 aromatic rings. The van der Waals surface area contributed by atoms with Crippen molar-refractivity contribution in [2.24, 2.45) is 5.41 Å². The van der Waals surface area contributed by atoms with Crippen molar-refractivity contribution in [2.45, 2.75) is 64.6 Å². The maximum Gasteiger partial charge on any atom is 0.410 e. The second-order valence-corrected chi connectivity index (χ2v) is 9.04. The standard InChI is InChI=1S/C19H37N3O3/c1-15-10-16(11-21(15)5)20-12-19(14-24-6)8-7-9-22(13-19)17(23)25-18(2,3)4/h15-16,20H,7-14H2,1-6H3. The highest BCUT2D eigenvalue weighted by Gasteiger charge is 2.39. The normalized spacial score (nSPS) is 31.4. The van der Waals surface area contributed by atoms with Crippen molar-refractivity contribution < 1.29 is 14.3 Å². The van der Waals surface area contributed by atoms with Crippen molar-refractivity contribution >= 4 is 6.09 Å². The second kappa shape index (κ2) is 8.23. The molecule has 2 aliphatic heterocycles. The Balaban J connectivity index is 1.96. The number of likely N-dealkylation sites (N-methyl/N-ethyl adjacent to an activating group) is 1. The summed E-state index contributed by atoms with van der Waals surface area (Å²) in [6.07, 6.45) is 3.04. The highest BCUT2D eigenvalue weighted by molar-refractivity contribution is 5.68. The number of carbonyl (C=O) groups is 1. The lowest BCUT2D eigenvalue weighted by molar-refractivity contribution is -0.0161. The van der Waals surface area contributed by atoms with E-state index < -0.39 is 5.60 Å². The molecule has 2 fully saturated rings. The summed E-state index contributed by atoms with van der Waals surface area (Å²) in [6.45, 7) is 12.1. The third-order valence-corrected chi connectivity index (χ3v) is 5.42. The summed E-state index contributed by atoms with van der Waals surface area (Å²) in [4.78, 5) is 16.7. The van der Waals surface area contributed by atoms with Crippen LogP contribution in [-0.4, -0.2) is 80.5 Å². The topological polar surface area (TPSA) is 54.0 Å². The van der Waals surface area contributed by atoms with Crippen LogP contribution in [0.3, 0.4) is 0 Å². The number of hydrogen-bond acceptors (Lipinski definition) is 5. The van der Waals surface area contributed by atoms with Gasteiger partial charge in [-0.05, 0) is 54.0 Å². The van der Waals surface area contributed by atoms with Gasteiger partial charge < -0.3 is 24.6 Å². The first-order chi connectivity index (χ1) is 11.6. The smallest absolute Gasteiger partial charge is 0.410 e. The molecule has 3 unspecified atom stereocenters. The van der Waals surface area contributed by atoms with Gasteiger partial charge in [0.2, 0.25) is 0 Å². The summed E-state index contributed by atoms with van der Waals surface area (Å²) < 4.78 is 11.1. The van der Waals surface area contributed by atoms with E-state index in [9.17, 15) is 4.79 Å². The molecule has 6 nitrogen and oxygen atoms in total. The van der Waals surface area contributed by atoms with Crippen LogP contribution in [0.2, 0.25) is 0 Å². The lowest BCUT2D eigenvalue weighted by atomic mass is 9.80. The zero-order chi connectivity index (χ0) is 18.7. The van der Waals surface area contributed by atoms with Crippen molar-refractivity contribution in [2.75, 3.05) is 46.9 Å². The number of piperidine rings is 1. The summed E-state index contributed by atoms with van der Waals surface area (Å²) in [7, 11) is 3.93. The Hall–Kier alpha value is -0.850. The molecule has 0 aromatic heterocycles. The fourth-order valence-corrected chi connectivity index (χ4v) is 4.01. The van der Waals surface area contributed by atoms with E-state index in [2.05, 4.69) is 24.2 Å². The van der Waals surface area contributed by atoms with E-state index in [0.717, 1.165) is 32.5 Å². The number of amides is 1. The molecule has 2 saturated heterocycles. The number of methoxy groups -OCH3 is 1. The first-order valence-corrected chi connectivity index (χ1v) is 9.55. The first-order valence-electron chi connectivity index (χ1n) is 9.55. The van der Waals surface area contributed by atoms with Gasteiger partial charge in [-0.3, -0.25) is 0 Å². The van der Waals surface area contributed by atoms with Gasteiger partial charge in [-0.25, -0.2) is 4.79 Å². The molecule has 1 amide bonds. The number of hydrogen-bond donors (Lipinski definition) is 1. The molecule has 0 bridgehead atoms. The van der Waals surface area contributed by atoms with Crippen LogP contribution in [0, 0.1) is 5.41 Å². The molecule has 2 heterocycles. The summed E-state index contributed by atoms with van der Waals surface area (Å²) in [5.74, 6) is 0. The lowest BCUT2D eigenvalue weighted by Crippen LogP contribution is -2.54. The van der Waals surface area contributed by atoms with Crippen molar-refractivity contribution in [1.29, 1.82) is 0 Å². The van der Waals surface area contributed by atoms with E-state index >= 15 is 0 Å². The molecule has 25 heavy (non-hydrogen) atoms. The summed E-state index contributed by atoms with van der Waals surface area (Å²) >= 11 is 0. The molecule has 1 N–H and O–H groups in total. The number of ether oxygens (including phenoxy) is 2. The Morgan fingerprint density at radius 1 is 1.36 bits per heavy atom. The minimum Gasteiger partial charge on any atom is -0.444 e. The zero-order valence-electron chi connectivity index (χ0n) is 16.9. The number of carbonyl (C=O) groups excluding carboxylic acids is 1. The van der Waals surface area contributed by atoms with E-state index in [1.807, 2.05) is 25.7 Å². The largest absolute Gasteiger partial charge is 0.444 e. The maximum atomic E-state index is 12.5. The van der Waals surface area contributed by atoms with Crippen LogP contribution in [0.4, 0.5) is 4.79 Å². The van der Waals surface area contributed by atoms with Crippen LogP contribution in [0.1, 0.15) is 47.0 Å². The van der Waals surface area contributed by atoms with Crippen LogP contribution in [0.15, 0.2) is 0 Å².